The molecule has 1 unspecified atom stereocenters. The standard InChI is InChI=1S/C7H17N2O5P/c1-4-7(3,15(12,13)14)9(11)6(10)5(2)8/h5,11H,4,8H2,1-3H3,(H2,12,13,14)/t5-,7?/m0/s1. The zero-order chi connectivity index (χ0) is 12.4. The fourth-order valence-electron chi connectivity index (χ4n) is 0.909. The van der Waals surface area contributed by atoms with Crippen molar-refractivity contribution in [2.45, 2.75) is 38.5 Å². The van der Waals surface area contributed by atoms with E-state index in [0.29, 0.717) is 0 Å². The first kappa shape index (κ1) is 14.5. The normalized spacial score (nSPS) is 18.1. The Morgan fingerprint density at radius 1 is 1.60 bits per heavy atom. The second-order valence-electron chi connectivity index (χ2n) is 3.55. The second kappa shape index (κ2) is 4.59. The SMILES string of the molecule is CCC(C)(N(O)C(=O)[C@H](C)N)P(=O)(O)O. The van der Waals surface area contributed by atoms with Crippen LogP contribution in [0.5, 0.6) is 0 Å². The first-order chi connectivity index (χ1) is 6.58. The van der Waals surface area contributed by atoms with Crippen LogP contribution in [0.25, 0.3) is 0 Å². The lowest BCUT2D eigenvalue weighted by Gasteiger charge is -2.36. The molecule has 0 heterocycles. The van der Waals surface area contributed by atoms with Crippen LogP contribution in [0.2, 0.25) is 0 Å². The summed E-state index contributed by atoms with van der Waals surface area (Å²) in [4.78, 5) is 29.4. The van der Waals surface area contributed by atoms with Gasteiger partial charge >= 0.3 is 7.60 Å². The van der Waals surface area contributed by atoms with E-state index < -0.39 is 24.8 Å². The Morgan fingerprint density at radius 2 is 2.00 bits per heavy atom. The Labute approximate surface area is 88.0 Å². The molecule has 0 aliphatic heterocycles. The number of nitrogens with two attached hydrogens (primary N) is 1. The summed E-state index contributed by atoms with van der Waals surface area (Å²) in [5, 5.41) is 7.56. The van der Waals surface area contributed by atoms with Gasteiger partial charge in [-0.15, -0.1) is 0 Å². The minimum atomic E-state index is -4.64. The largest absolute Gasteiger partial charge is 0.353 e. The third-order valence-corrected chi connectivity index (χ3v) is 4.11. The predicted molar refractivity (Wildman–Crippen MR) is 53.0 cm³/mol. The van der Waals surface area contributed by atoms with Crippen LogP contribution in [0, 0.1) is 0 Å². The van der Waals surface area contributed by atoms with Gasteiger partial charge in [-0.05, 0) is 20.3 Å². The van der Waals surface area contributed by atoms with Crippen LogP contribution in [0.3, 0.4) is 0 Å². The number of hydrogen-bond acceptors (Lipinski definition) is 4. The van der Waals surface area contributed by atoms with Crippen molar-refractivity contribution >= 4 is 13.5 Å². The zero-order valence-corrected chi connectivity index (χ0v) is 9.81. The lowest BCUT2D eigenvalue weighted by atomic mass is 10.2. The molecule has 0 saturated heterocycles. The van der Waals surface area contributed by atoms with E-state index in [0.717, 1.165) is 6.92 Å². The summed E-state index contributed by atoms with van der Waals surface area (Å²) in [7, 11) is -4.64. The molecule has 0 fully saturated rings. The van der Waals surface area contributed by atoms with Crippen LogP contribution in [0.4, 0.5) is 0 Å². The molecule has 5 N–H and O–H groups in total. The molecule has 0 bridgehead atoms. The highest BCUT2D eigenvalue weighted by molar-refractivity contribution is 7.53. The molecule has 8 heteroatoms. The lowest BCUT2D eigenvalue weighted by molar-refractivity contribution is -0.183. The highest BCUT2D eigenvalue weighted by atomic mass is 31.2. The molecule has 1 amide bonds. The van der Waals surface area contributed by atoms with E-state index in [9.17, 15) is 14.6 Å². The van der Waals surface area contributed by atoms with Gasteiger partial charge in [0, 0.05) is 0 Å². The van der Waals surface area contributed by atoms with Gasteiger partial charge in [-0.25, -0.2) is 5.06 Å². The summed E-state index contributed by atoms with van der Waals surface area (Å²) in [6.07, 6.45) is -0.0910. The molecular weight excluding hydrogens is 223 g/mol. The van der Waals surface area contributed by atoms with Gasteiger partial charge in [-0.1, -0.05) is 6.92 Å². The number of hydrogen-bond donors (Lipinski definition) is 4. The molecule has 0 aromatic rings. The molecule has 0 radical (unpaired) electrons. The van der Waals surface area contributed by atoms with Crippen LogP contribution in [0.15, 0.2) is 0 Å². The van der Waals surface area contributed by atoms with Crippen molar-refractivity contribution < 1.29 is 24.4 Å². The Morgan fingerprint density at radius 3 is 2.20 bits per heavy atom. The highest BCUT2D eigenvalue weighted by Gasteiger charge is 2.48. The molecular formula is C7H17N2O5P. The monoisotopic (exact) mass is 240 g/mol. The maximum Gasteiger partial charge on any atom is 0.353 e. The van der Waals surface area contributed by atoms with Crippen molar-refractivity contribution in [3.63, 3.8) is 0 Å². The summed E-state index contributed by atoms with van der Waals surface area (Å²) in [6.45, 7) is 3.88. The van der Waals surface area contributed by atoms with Crippen molar-refractivity contribution in [3.05, 3.63) is 0 Å². The summed E-state index contributed by atoms with van der Waals surface area (Å²) in [5.74, 6) is -0.928. The summed E-state index contributed by atoms with van der Waals surface area (Å²) < 4.78 is 11.2. The van der Waals surface area contributed by atoms with Crippen molar-refractivity contribution in [1.82, 2.24) is 5.06 Å². The van der Waals surface area contributed by atoms with Crippen LogP contribution in [-0.2, 0) is 9.36 Å². The van der Waals surface area contributed by atoms with Crippen molar-refractivity contribution in [2.75, 3.05) is 0 Å². The quantitative estimate of drug-likeness (QED) is 0.308. The molecule has 90 valence electrons. The summed E-state index contributed by atoms with van der Waals surface area (Å²) in [5.41, 5.74) is 5.23. The molecule has 0 saturated carbocycles. The predicted octanol–water partition coefficient (Wildman–Crippen LogP) is -0.145. The molecule has 0 rings (SSSR count). The van der Waals surface area contributed by atoms with E-state index in [-0.39, 0.29) is 11.5 Å². The van der Waals surface area contributed by atoms with Crippen LogP contribution in [-0.4, -0.2) is 37.3 Å². The number of nitrogens with zero attached hydrogens (tertiary/aromatic N) is 1. The fourth-order valence-corrected chi connectivity index (χ4v) is 1.67. The maximum atomic E-state index is 11.3. The molecule has 0 aliphatic rings. The van der Waals surface area contributed by atoms with Crippen molar-refractivity contribution in [1.29, 1.82) is 0 Å². The molecule has 15 heavy (non-hydrogen) atoms. The summed E-state index contributed by atoms with van der Waals surface area (Å²) >= 11 is 0. The maximum absolute atomic E-state index is 11.3. The molecule has 2 atom stereocenters. The summed E-state index contributed by atoms with van der Waals surface area (Å²) in [6, 6.07) is -1.02. The third kappa shape index (κ3) is 2.76. The van der Waals surface area contributed by atoms with Gasteiger partial charge in [-0.3, -0.25) is 14.6 Å². The first-order valence-electron chi connectivity index (χ1n) is 4.42. The van der Waals surface area contributed by atoms with Gasteiger partial charge in [0.05, 0.1) is 6.04 Å². The minimum Gasteiger partial charge on any atom is -0.323 e. The molecule has 0 aliphatic carbocycles. The van der Waals surface area contributed by atoms with E-state index >= 15 is 0 Å². The highest BCUT2D eigenvalue weighted by Crippen LogP contribution is 2.53. The van der Waals surface area contributed by atoms with Crippen molar-refractivity contribution in [2.24, 2.45) is 5.73 Å². The van der Waals surface area contributed by atoms with Crippen LogP contribution in [0.1, 0.15) is 27.2 Å². The Balaban J connectivity index is 5.15. The number of rotatable bonds is 4. The van der Waals surface area contributed by atoms with Gasteiger partial charge in [-0.2, -0.15) is 0 Å². The zero-order valence-electron chi connectivity index (χ0n) is 8.91. The Kier molecular flexibility index (Phi) is 4.45. The minimum absolute atomic E-state index is 0.0401. The average Bonchev–Trinajstić information content (AvgIpc) is 2.12. The lowest BCUT2D eigenvalue weighted by Crippen LogP contribution is -2.52. The number of hydroxylamine groups is 2. The van der Waals surface area contributed by atoms with E-state index in [1.807, 2.05) is 0 Å². The topological polar surface area (TPSA) is 124 Å². The molecule has 7 nitrogen and oxygen atoms in total. The van der Waals surface area contributed by atoms with E-state index in [4.69, 9.17) is 15.5 Å². The van der Waals surface area contributed by atoms with Crippen LogP contribution >= 0.6 is 7.60 Å². The Hall–Kier alpha value is -0.460. The van der Waals surface area contributed by atoms with Crippen LogP contribution < -0.4 is 5.73 Å². The second-order valence-corrected chi connectivity index (χ2v) is 5.60. The van der Waals surface area contributed by atoms with Gasteiger partial charge < -0.3 is 15.5 Å². The van der Waals surface area contributed by atoms with Gasteiger partial charge in [0.1, 0.15) is 0 Å². The number of carbonyl (C=O) groups is 1. The fraction of sp³-hybridized carbons (Fsp3) is 0.857. The number of carbonyl (C=O) groups excluding carboxylic acids is 1. The molecule has 0 aromatic heterocycles. The first-order valence-corrected chi connectivity index (χ1v) is 6.03. The van der Waals surface area contributed by atoms with E-state index in [1.54, 1.807) is 0 Å². The van der Waals surface area contributed by atoms with Gasteiger partial charge in [0.2, 0.25) is 0 Å². The number of amides is 1. The van der Waals surface area contributed by atoms with Crippen molar-refractivity contribution in [3.8, 4) is 0 Å². The molecule has 0 aromatic carbocycles. The smallest absolute Gasteiger partial charge is 0.323 e. The van der Waals surface area contributed by atoms with Gasteiger partial charge in [0.25, 0.3) is 5.91 Å². The van der Waals surface area contributed by atoms with E-state index in [2.05, 4.69) is 0 Å². The Bertz CT molecular complexity index is 289. The molecule has 0 spiro atoms. The van der Waals surface area contributed by atoms with Gasteiger partial charge in [0.15, 0.2) is 5.28 Å². The third-order valence-electron chi connectivity index (χ3n) is 2.35. The average molecular weight is 240 g/mol. The van der Waals surface area contributed by atoms with E-state index in [1.165, 1.54) is 13.8 Å².